The number of hydrogen-bond donors (Lipinski definition) is 0. The Bertz CT molecular complexity index is 19.5. The third-order valence-electron chi connectivity index (χ3n) is 0.589. The maximum atomic E-state index is 4.89. The predicted octanol–water partition coefficient (Wildman–Crippen LogP) is 1.26. The quantitative estimate of drug-likeness (QED) is 0.458. The van der Waals surface area contributed by atoms with E-state index in [-0.39, 0.29) is 0 Å². The molecule has 36 valence electrons. The van der Waals surface area contributed by atoms with Crippen molar-refractivity contribution in [2.75, 3.05) is 6.61 Å². The van der Waals surface area contributed by atoms with Crippen molar-refractivity contribution < 1.29 is 24.7 Å². The van der Waals surface area contributed by atoms with Crippen LogP contribution < -0.4 is 0 Å². The van der Waals surface area contributed by atoms with Gasteiger partial charge in [0.05, 0.1) is 0 Å². The van der Waals surface area contributed by atoms with Gasteiger partial charge in [-0.1, -0.05) is 0 Å². The van der Waals surface area contributed by atoms with Gasteiger partial charge in [0.1, 0.15) is 0 Å². The molecule has 0 heterocycles. The molecule has 0 radical (unpaired) electrons. The summed E-state index contributed by atoms with van der Waals surface area (Å²) in [6.45, 7) is 3.13. The molecule has 0 aliphatic rings. The molecule has 0 aliphatic heterocycles. The number of unbranched alkanes of at least 4 members (excludes halogenated alkanes) is 1. The van der Waals surface area contributed by atoms with Gasteiger partial charge in [-0.05, 0) is 0 Å². The zero-order valence-corrected chi connectivity index (χ0v) is 7.19. The Morgan fingerprint density at radius 3 is 2.50 bits per heavy atom. The number of rotatable bonds is 3. The Kier molecular flexibility index (Phi) is 6.37. The van der Waals surface area contributed by atoms with Crippen LogP contribution in [0.25, 0.3) is 0 Å². The van der Waals surface area contributed by atoms with E-state index in [1.54, 1.807) is 0 Å². The van der Waals surface area contributed by atoms with Gasteiger partial charge >= 0.3 is 51.1 Å². The van der Waals surface area contributed by atoms with Crippen molar-refractivity contribution >= 4 is 0 Å². The van der Waals surface area contributed by atoms with Gasteiger partial charge < -0.3 is 0 Å². The molecule has 0 N–H and O–H groups in total. The van der Waals surface area contributed by atoms with Gasteiger partial charge in [0.25, 0.3) is 0 Å². The van der Waals surface area contributed by atoms with Crippen molar-refractivity contribution in [2.24, 2.45) is 0 Å². The van der Waals surface area contributed by atoms with E-state index in [1.807, 2.05) is 0 Å². The molecule has 0 aliphatic carbocycles. The molecule has 0 saturated heterocycles. The standard InChI is InChI=1S/C4H9O.Ta/c1-2-3-4-5;/h2-4H2,1H3;/q-1;+1/i;1-88. The molecule has 6 heavy (non-hydrogen) atoms. The third-order valence-corrected chi connectivity index (χ3v) is 1.25. The fraction of sp³-hybridized carbons (Fsp3) is 1.00. The Balaban J connectivity index is 2.34. The molecule has 0 spiro atoms. The molecule has 0 aromatic carbocycles. The van der Waals surface area contributed by atoms with E-state index >= 15 is 0 Å². The van der Waals surface area contributed by atoms with Crippen LogP contribution in [0.15, 0.2) is 0 Å². The van der Waals surface area contributed by atoms with Gasteiger partial charge in [0.15, 0.2) is 0 Å². The van der Waals surface area contributed by atoms with Crippen LogP contribution in [0.1, 0.15) is 19.8 Å². The summed E-state index contributed by atoms with van der Waals surface area (Å²) in [7, 11) is 0. The molecule has 0 bridgehead atoms. The summed E-state index contributed by atoms with van der Waals surface area (Å²) in [5.41, 5.74) is 0. The average Bonchev–Trinajstić information content (AvgIpc) is 1.61. The SMILES string of the molecule is CCCC[O][1Ta]. The van der Waals surface area contributed by atoms with E-state index in [2.05, 4.69) is 6.92 Å². The normalized spacial score (nSPS) is 8.83. The van der Waals surface area contributed by atoms with Crippen LogP contribution in [-0.2, 0) is 24.7 Å². The van der Waals surface area contributed by atoms with E-state index in [0.29, 0.717) is 0 Å². The zero-order valence-electron chi connectivity index (χ0n) is 3.98. The maximum absolute atomic E-state index is 4.89. The third kappa shape index (κ3) is 4.70. The summed E-state index contributed by atoms with van der Waals surface area (Å²) in [6.07, 6.45) is 2.47. The second-order valence-corrected chi connectivity index (χ2v) is 2.11. The van der Waals surface area contributed by atoms with Gasteiger partial charge in [0, 0.05) is 0 Å². The minimum absolute atomic E-state index is 0.963. The summed E-state index contributed by atoms with van der Waals surface area (Å²) < 4.78 is 4.89. The average molecular weight is 74.1 g/mol. The van der Waals surface area contributed by atoms with Crippen molar-refractivity contribution in [2.45, 2.75) is 19.8 Å². The van der Waals surface area contributed by atoms with Crippen molar-refractivity contribution in [1.82, 2.24) is 0 Å². The minimum atomic E-state index is 0.963. The van der Waals surface area contributed by atoms with Gasteiger partial charge in [-0.3, -0.25) is 0 Å². The summed E-state index contributed by atoms with van der Waals surface area (Å²) in [5.74, 6) is 0. The van der Waals surface area contributed by atoms with Gasteiger partial charge in [0.2, 0.25) is 0 Å². The monoisotopic (exact) mass is 74.1 g/mol. The summed E-state index contributed by atoms with van der Waals surface area (Å²) >= 11 is 1.07. The van der Waals surface area contributed by atoms with Crippen LogP contribution in [0.3, 0.4) is 0 Å². The first-order chi connectivity index (χ1) is 2.91. The molecule has 0 aromatic rings. The van der Waals surface area contributed by atoms with Gasteiger partial charge in [-0.2, -0.15) is 0 Å². The fourth-order valence-electron chi connectivity index (χ4n) is 0.209. The summed E-state index contributed by atoms with van der Waals surface area (Å²) in [6, 6.07) is 0. The molecule has 0 amide bonds. The first kappa shape index (κ1) is 6.70. The fourth-order valence-corrected chi connectivity index (χ4v) is 0.673. The summed E-state index contributed by atoms with van der Waals surface area (Å²) in [5, 5.41) is 0. The van der Waals surface area contributed by atoms with Crippen molar-refractivity contribution in [3.8, 4) is 0 Å². The molecule has 0 atom stereocenters. The Morgan fingerprint density at radius 1 is 1.67 bits per heavy atom. The van der Waals surface area contributed by atoms with Crippen molar-refractivity contribution in [1.29, 1.82) is 0 Å². The summed E-state index contributed by atoms with van der Waals surface area (Å²) in [4.78, 5) is 0. The molecule has 0 unspecified atom stereocenters. The predicted molar refractivity (Wildman–Crippen MR) is 20.9 cm³/mol. The molecule has 1 nitrogen and oxygen atoms in total. The van der Waals surface area contributed by atoms with Crippen LogP contribution in [0, 0.1) is 0 Å². The van der Waals surface area contributed by atoms with Crippen molar-refractivity contribution in [3.63, 3.8) is 0 Å². The van der Waals surface area contributed by atoms with Gasteiger partial charge in [-0.15, -0.1) is 0 Å². The van der Waals surface area contributed by atoms with Crippen LogP contribution in [0.2, 0.25) is 0 Å². The van der Waals surface area contributed by atoms with E-state index in [9.17, 15) is 0 Å². The molecular weight excluding hydrogens is 65.0 g/mol. The Morgan fingerprint density at radius 2 is 2.33 bits per heavy atom. The molecule has 0 fully saturated rings. The van der Waals surface area contributed by atoms with E-state index in [4.69, 9.17) is 3.24 Å². The topological polar surface area (TPSA) is 9.23 Å². The second-order valence-electron chi connectivity index (χ2n) is 1.19. The first-order valence-corrected chi connectivity index (χ1v) is 3.49. The van der Waals surface area contributed by atoms with Crippen LogP contribution in [0.5, 0.6) is 0 Å². The Hall–Kier alpha value is 0.700. The van der Waals surface area contributed by atoms with Gasteiger partial charge in [-0.25, -0.2) is 0 Å². The molecule has 0 rings (SSSR count). The van der Waals surface area contributed by atoms with E-state index in [1.165, 1.54) is 12.8 Å². The zero-order chi connectivity index (χ0) is 4.83. The van der Waals surface area contributed by atoms with E-state index < -0.39 is 0 Å². The van der Waals surface area contributed by atoms with Crippen LogP contribution in [0.4, 0.5) is 0 Å². The van der Waals surface area contributed by atoms with Crippen LogP contribution in [-0.4, -0.2) is 6.61 Å². The molecule has 2 heteroatoms. The Labute approximate surface area is 51.5 Å². The first-order valence-electron chi connectivity index (χ1n) is 2.18. The molecule has 0 saturated carbocycles. The van der Waals surface area contributed by atoms with Crippen LogP contribution >= 0.6 is 0 Å². The number of hydrogen-bond acceptors (Lipinski definition) is 1. The van der Waals surface area contributed by atoms with Crippen molar-refractivity contribution in [3.05, 3.63) is 0 Å². The van der Waals surface area contributed by atoms with E-state index in [0.717, 1.165) is 28.1 Å². The molecular formula is C4H9OTa. The second kappa shape index (κ2) is 5.70. The molecule has 0 aromatic heterocycles.